The maximum atomic E-state index is 12.0. The second kappa shape index (κ2) is 10.9. The van der Waals surface area contributed by atoms with Crippen LogP contribution in [0.3, 0.4) is 0 Å². The fraction of sp³-hybridized carbons (Fsp3) is 0.435. The molecule has 1 aliphatic heterocycles. The first-order chi connectivity index (χ1) is 16.1. The molecule has 0 aliphatic carbocycles. The van der Waals surface area contributed by atoms with Gasteiger partial charge in [0.05, 0.1) is 0 Å². The lowest BCUT2D eigenvalue weighted by atomic mass is 9.96. The minimum Gasteiger partial charge on any atom is -0.463 e. The van der Waals surface area contributed by atoms with Gasteiger partial charge in [-0.05, 0) is 5.39 Å². The fourth-order valence-corrected chi connectivity index (χ4v) is 3.64. The van der Waals surface area contributed by atoms with Crippen LogP contribution in [0, 0.1) is 0 Å². The smallest absolute Gasteiger partial charge is 0.303 e. The average Bonchev–Trinajstić information content (AvgIpc) is 2.75. The van der Waals surface area contributed by atoms with Crippen molar-refractivity contribution in [2.75, 3.05) is 6.61 Å². The minimum absolute atomic E-state index is 0.179. The van der Waals surface area contributed by atoms with Crippen LogP contribution in [0.2, 0.25) is 0 Å². The number of benzene rings is 1. The largest absolute Gasteiger partial charge is 0.463 e. The van der Waals surface area contributed by atoms with Gasteiger partial charge in [0.2, 0.25) is 18.1 Å². The number of hydrogen-bond donors (Lipinski definition) is 1. The Morgan fingerprint density at radius 1 is 0.941 bits per heavy atom. The normalized spacial score (nSPS) is 24.1. The van der Waals surface area contributed by atoms with Crippen LogP contribution in [-0.2, 0) is 38.1 Å². The monoisotopic (exact) mass is 474 g/mol. The molecule has 34 heavy (non-hydrogen) atoms. The van der Waals surface area contributed by atoms with Gasteiger partial charge in [0.15, 0.2) is 12.2 Å². The average molecular weight is 474 g/mol. The van der Waals surface area contributed by atoms with E-state index in [1.807, 2.05) is 24.3 Å². The van der Waals surface area contributed by atoms with Crippen molar-refractivity contribution in [1.29, 1.82) is 0 Å². The van der Waals surface area contributed by atoms with Crippen molar-refractivity contribution in [3.63, 3.8) is 0 Å². The lowest BCUT2D eigenvalue weighted by Crippen LogP contribution is -2.67. The predicted molar refractivity (Wildman–Crippen MR) is 116 cm³/mol. The summed E-state index contributed by atoms with van der Waals surface area (Å²) in [5, 5.41) is 4.38. The molecule has 1 fully saturated rings. The second-order valence-electron chi connectivity index (χ2n) is 7.71. The Balaban J connectivity index is 1.98. The van der Waals surface area contributed by atoms with E-state index < -0.39 is 54.5 Å². The zero-order chi connectivity index (χ0) is 24.8. The topological polar surface area (TPSA) is 139 Å². The Kier molecular flexibility index (Phi) is 8.00. The Hall–Kier alpha value is -3.73. The summed E-state index contributed by atoms with van der Waals surface area (Å²) in [6.07, 6.45) is -3.07. The van der Waals surface area contributed by atoms with Crippen molar-refractivity contribution < 1.29 is 42.9 Å². The molecule has 1 saturated heterocycles. The third kappa shape index (κ3) is 6.41. The van der Waals surface area contributed by atoms with E-state index in [9.17, 15) is 19.2 Å². The fourth-order valence-electron chi connectivity index (χ4n) is 3.64. The number of amides is 1. The zero-order valence-electron chi connectivity index (χ0n) is 19.2. The van der Waals surface area contributed by atoms with Crippen LogP contribution < -0.4 is 10.1 Å². The Morgan fingerprint density at radius 3 is 2.21 bits per heavy atom. The number of carbonyl (C=O) groups excluding carboxylic acids is 4. The van der Waals surface area contributed by atoms with Crippen molar-refractivity contribution >= 4 is 34.6 Å². The van der Waals surface area contributed by atoms with Crippen molar-refractivity contribution in [2.24, 2.45) is 0 Å². The molecule has 11 heteroatoms. The van der Waals surface area contributed by atoms with E-state index in [-0.39, 0.29) is 12.5 Å². The van der Waals surface area contributed by atoms with Crippen LogP contribution in [0.4, 0.5) is 0 Å². The van der Waals surface area contributed by atoms with E-state index in [1.165, 1.54) is 27.7 Å². The van der Waals surface area contributed by atoms with Gasteiger partial charge >= 0.3 is 17.9 Å². The molecule has 5 atom stereocenters. The van der Waals surface area contributed by atoms with Gasteiger partial charge in [-0.1, -0.05) is 24.3 Å². The van der Waals surface area contributed by atoms with Crippen LogP contribution in [0.25, 0.3) is 10.8 Å². The standard InChI is InChI=1S/C23H26N2O9/c1-12(26)25-20-22(32-15(4)29)21(31-14(3)28)18(11-30-13(2)27)33-23(20)34-19-9-16-7-5-6-8-17(16)10-24-19/h5-10,18,20-23H,11H2,1-4H3,(H,25,26)/t18-,20-,21-,22-,23+/m1/s1. The maximum absolute atomic E-state index is 12.0. The molecule has 0 saturated carbocycles. The van der Waals surface area contributed by atoms with E-state index in [4.69, 9.17) is 23.7 Å². The Labute approximate surface area is 195 Å². The molecule has 1 aromatic heterocycles. The number of carbonyl (C=O) groups is 4. The lowest BCUT2D eigenvalue weighted by Gasteiger charge is -2.44. The summed E-state index contributed by atoms with van der Waals surface area (Å²) in [6, 6.07) is 8.10. The van der Waals surface area contributed by atoms with Crippen LogP contribution in [0.1, 0.15) is 27.7 Å². The molecular formula is C23H26N2O9. The molecule has 1 N–H and O–H groups in total. The van der Waals surface area contributed by atoms with Crippen LogP contribution >= 0.6 is 0 Å². The molecule has 1 amide bonds. The van der Waals surface area contributed by atoms with E-state index >= 15 is 0 Å². The molecule has 3 rings (SSSR count). The maximum Gasteiger partial charge on any atom is 0.303 e. The first-order valence-electron chi connectivity index (χ1n) is 10.6. The number of fused-ring (bicyclic) bond motifs is 1. The molecule has 1 aromatic carbocycles. The van der Waals surface area contributed by atoms with Gasteiger partial charge in [0.25, 0.3) is 0 Å². The summed E-state index contributed by atoms with van der Waals surface area (Å²) < 4.78 is 27.8. The number of pyridine rings is 1. The molecule has 182 valence electrons. The van der Waals surface area contributed by atoms with Crippen molar-refractivity contribution in [3.8, 4) is 5.88 Å². The highest BCUT2D eigenvalue weighted by Crippen LogP contribution is 2.29. The van der Waals surface area contributed by atoms with Gasteiger partial charge in [-0.2, -0.15) is 0 Å². The number of esters is 3. The number of nitrogens with one attached hydrogen (secondary N) is 1. The van der Waals surface area contributed by atoms with E-state index in [0.717, 1.165) is 10.8 Å². The number of rotatable bonds is 7. The zero-order valence-corrected chi connectivity index (χ0v) is 19.2. The molecule has 2 aromatic rings. The Bertz CT molecular complexity index is 1070. The van der Waals surface area contributed by atoms with Crippen LogP contribution in [-0.4, -0.2) is 66.0 Å². The highest BCUT2D eigenvalue weighted by Gasteiger charge is 2.52. The molecular weight excluding hydrogens is 448 g/mol. The lowest BCUT2D eigenvalue weighted by molar-refractivity contribution is -0.257. The van der Waals surface area contributed by atoms with E-state index in [1.54, 1.807) is 12.3 Å². The second-order valence-corrected chi connectivity index (χ2v) is 7.71. The quantitative estimate of drug-likeness (QED) is 0.461. The molecule has 0 radical (unpaired) electrons. The Morgan fingerprint density at radius 2 is 1.59 bits per heavy atom. The molecule has 0 unspecified atom stereocenters. The number of hydrogen-bond acceptors (Lipinski definition) is 10. The van der Waals surface area contributed by atoms with Gasteiger partial charge < -0.3 is 29.0 Å². The van der Waals surface area contributed by atoms with Crippen molar-refractivity contribution in [2.45, 2.75) is 58.3 Å². The van der Waals surface area contributed by atoms with Crippen LogP contribution in [0.5, 0.6) is 5.88 Å². The summed E-state index contributed by atoms with van der Waals surface area (Å²) >= 11 is 0. The van der Waals surface area contributed by atoms with Crippen LogP contribution in [0.15, 0.2) is 36.5 Å². The van der Waals surface area contributed by atoms with Gasteiger partial charge in [0.1, 0.15) is 18.8 Å². The van der Waals surface area contributed by atoms with E-state index in [2.05, 4.69) is 10.3 Å². The molecule has 0 spiro atoms. The summed E-state index contributed by atoms with van der Waals surface area (Å²) in [5.41, 5.74) is 0. The summed E-state index contributed by atoms with van der Waals surface area (Å²) in [4.78, 5) is 51.4. The summed E-state index contributed by atoms with van der Waals surface area (Å²) in [7, 11) is 0. The highest BCUT2D eigenvalue weighted by molar-refractivity contribution is 5.82. The number of nitrogens with zero attached hydrogens (tertiary/aromatic N) is 1. The molecule has 1 aliphatic rings. The summed E-state index contributed by atoms with van der Waals surface area (Å²) in [5.74, 6) is -2.25. The number of aromatic nitrogens is 1. The molecule has 11 nitrogen and oxygen atoms in total. The van der Waals surface area contributed by atoms with E-state index in [0.29, 0.717) is 0 Å². The highest BCUT2D eigenvalue weighted by atomic mass is 16.7. The third-order valence-electron chi connectivity index (χ3n) is 4.91. The first-order valence-corrected chi connectivity index (χ1v) is 10.6. The SMILES string of the molecule is CC(=O)N[C@H]1[C@H](Oc2cc3ccccc3cn2)O[C@H](COC(C)=O)[C@@H](OC(C)=O)[C@@H]1OC(C)=O. The van der Waals surface area contributed by atoms with Gasteiger partial charge in [0, 0.05) is 45.3 Å². The van der Waals surface area contributed by atoms with Gasteiger partial charge in [-0.3, -0.25) is 19.2 Å². The third-order valence-corrected chi connectivity index (χ3v) is 4.91. The van der Waals surface area contributed by atoms with Crippen molar-refractivity contribution in [3.05, 3.63) is 36.5 Å². The predicted octanol–water partition coefficient (Wildman–Crippen LogP) is 1.27. The van der Waals surface area contributed by atoms with Gasteiger partial charge in [-0.25, -0.2) is 4.98 Å². The molecule has 2 heterocycles. The summed E-state index contributed by atoms with van der Waals surface area (Å²) in [6.45, 7) is 4.50. The number of ether oxygens (including phenoxy) is 5. The van der Waals surface area contributed by atoms with Gasteiger partial charge in [-0.15, -0.1) is 0 Å². The van der Waals surface area contributed by atoms with Crippen molar-refractivity contribution in [1.82, 2.24) is 10.3 Å². The minimum atomic E-state index is -1.23. The first kappa shape index (κ1) is 24.9. The molecule has 0 bridgehead atoms.